The van der Waals surface area contributed by atoms with Crippen molar-refractivity contribution in [2.75, 3.05) is 5.32 Å². The maximum Gasteiger partial charge on any atom is 0.248 e. The van der Waals surface area contributed by atoms with Crippen LogP contribution in [0.4, 0.5) is 5.69 Å². The summed E-state index contributed by atoms with van der Waals surface area (Å²) in [5, 5.41) is 15.7. The molecule has 0 aliphatic rings. The molecule has 0 unspecified atom stereocenters. The highest BCUT2D eigenvalue weighted by atomic mass is 35.5. The molecule has 1 amide bonds. The molecule has 1 heterocycles. The molecule has 3 rings (SSSR count). The van der Waals surface area contributed by atoms with E-state index in [9.17, 15) is 4.79 Å². The van der Waals surface area contributed by atoms with Gasteiger partial charge in [0.25, 0.3) is 0 Å². The lowest BCUT2D eigenvalue weighted by molar-refractivity contribution is -0.117. The summed E-state index contributed by atoms with van der Waals surface area (Å²) in [7, 11) is 0. The van der Waals surface area contributed by atoms with Crippen molar-refractivity contribution < 1.29 is 4.79 Å². The van der Waals surface area contributed by atoms with E-state index in [2.05, 4.69) is 20.7 Å². The number of para-hydroxylation sites is 1. The van der Waals surface area contributed by atoms with Crippen molar-refractivity contribution in [2.45, 2.75) is 6.54 Å². The Kier molecular flexibility index (Phi) is 4.99. The molecule has 0 fully saturated rings. The van der Waals surface area contributed by atoms with Crippen LogP contribution in [0, 0.1) is 0 Å². The number of anilines is 1. The highest BCUT2D eigenvalue weighted by molar-refractivity contribution is 6.39. The number of aromatic nitrogens is 4. The van der Waals surface area contributed by atoms with Gasteiger partial charge >= 0.3 is 0 Å². The fraction of sp³-hybridized carbons (Fsp3) is 0.0667. The third-order valence-corrected chi connectivity index (χ3v) is 4.04. The fourth-order valence-electron chi connectivity index (χ4n) is 1.99. The molecule has 0 atom stereocenters. The van der Waals surface area contributed by atoms with Crippen molar-refractivity contribution in [3.05, 3.63) is 57.5 Å². The van der Waals surface area contributed by atoms with E-state index in [1.807, 2.05) is 6.07 Å². The van der Waals surface area contributed by atoms with E-state index in [4.69, 9.17) is 34.8 Å². The number of nitrogens with one attached hydrogen (secondary N) is 1. The SMILES string of the molecule is O=C(Cn1nnc(-c2ccccc2Cl)n1)Nc1c(Cl)cccc1Cl. The number of nitrogens with zero attached hydrogens (tertiary/aromatic N) is 4. The first-order chi connectivity index (χ1) is 11.5. The van der Waals surface area contributed by atoms with E-state index >= 15 is 0 Å². The topological polar surface area (TPSA) is 72.7 Å². The molecule has 0 aliphatic carbocycles. The smallest absolute Gasteiger partial charge is 0.248 e. The van der Waals surface area contributed by atoms with Crippen molar-refractivity contribution in [2.24, 2.45) is 0 Å². The van der Waals surface area contributed by atoms with Gasteiger partial charge in [-0.05, 0) is 29.5 Å². The Balaban J connectivity index is 1.73. The number of rotatable bonds is 4. The van der Waals surface area contributed by atoms with Crippen LogP contribution in [0.1, 0.15) is 0 Å². The van der Waals surface area contributed by atoms with Crippen LogP contribution in [0.5, 0.6) is 0 Å². The van der Waals surface area contributed by atoms with Gasteiger partial charge in [0.05, 0.1) is 20.8 Å². The molecule has 1 aromatic heterocycles. The van der Waals surface area contributed by atoms with Gasteiger partial charge in [-0.3, -0.25) is 4.79 Å². The van der Waals surface area contributed by atoms with Crippen molar-refractivity contribution in [3.63, 3.8) is 0 Å². The van der Waals surface area contributed by atoms with Crippen molar-refractivity contribution >= 4 is 46.4 Å². The molecule has 1 N–H and O–H groups in total. The maximum absolute atomic E-state index is 12.1. The minimum atomic E-state index is -0.381. The van der Waals surface area contributed by atoms with Gasteiger partial charge in [-0.2, -0.15) is 4.80 Å². The van der Waals surface area contributed by atoms with Crippen LogP contribution >= 0.6 is 34.8 Å². The van der Waals surface area contributed by atoms with E-state index in [1.54, 1.807) is 36.4 Å². The molecule has 3 aromatic rings. The summed E-state index contributed by atoms with van der Waals surface area (Å²) in [5.41, 5.74) is 0.984. The van der Waals surface area contributed by atoms with Gasteiger partial charge in [0.1, 0.15) is 6.54 Å². The summed E-state index contributed by atoms with van der Waals surface area (Å²) < 4.78 is 0. The third-order valence-electron chi connectivity index (χ3n) is 3.08. The summed E-state index contributed by atoms with van der Waals surface area (Å²) in [6, 6.07) is 12.1. The van der Waals surface area contributed by atoms with Crippen molar-refractivity contribution in [1.82, 2.24) is 20.2 Å². The van der Waals surface area contributed by atoms with Gasteiger partial charge in [0, 0.05) is 5.56 Å². The summed E-state index contributed by atoms with van der Waals surface area (Å²) in [6.07, 6.45) is 0. The minimum absolute atomic E-state index is 0.140. The van der Waals surface area contributed by atoms with Crippen LogP contribution in [0.25, 0.3) is 11.4 Å². The molecule has 9 heteroatoms. The summed E-state index contributed by atoms with van der Waals surface area (Å²) in [6.45, 7) is -0.140. The van der Waals surface area contributed by atoms with Gasteiger partial charge in [0.2, 0.25) is 11.7 Å². The van der Waals surface area contributed by atoms with Gasteiger partial charge in [-0.25, -0.2) is 0 Å². The second-order valence-electron chi connectivity index (χ2n) is 4.77. The molecule has 0 bridgehead atoms. The normalized spacial score (nSPS) is 10.6. The molecule has 0 aliphatic heterocycles. The Morgan fingerprint density at radius 3 is 2.38 bits per heavy atom. The number of benzene rings is 2. The number of tetrazole rings is 1. The molecular weight excluding hydrogens is 373 g/mol. The molecule has 2 aromatic carbocycles. The van der Waals surface area contributed by atoms with E-state index < -0.39 is 0 Å². The van der Waals surface area contributed by atoms with Crippen LogP contribution < -0.4 is 5.32 Å². The Labute approximate surface area is 152 Å². The third kappa shape index (κ3) is 3.67. The zero-order chi connectivity index (χ0) is 17.1. The zero-order valence-corrected chi connectivity index (χ0v) is 14.3. The molecule has 6 nitrogen and oxygen atoms in total. The Hall–Kier alpha value is -2.15. The molecule has 0 radical (unpaired) electrons. The first-order valence-corrected chi connectivity index (χ1v) is 7.94. The van der Waals surface area contributed by atoms with Crippen LogP contribution in [-0.2, 0) is 11.3 Å². The Morgan fingerprint density at radius 1 is 1.00 bits per heavy atom. The van der Waals surface area contributed by atoms with Crippen molar-refractivity contribution in [3.8, 4) is 11.4 Å². The second kappa shape index (κ2) is 7.17. The monoisotopic (exact) mass is 381 g/mol. The lowest BCUT2D eigenvalue weighted by atomic mass is 10.2. The molecular formula is C15H10Cl3N5O. The van der Waals surface area contributed by atoms with Crippen LogP contribution in [0.15, 0.2) is 42.5 Å². The molecule has 122 valence electrons. The summed E-state index contributed by atoms with van der Waals surface area (Å²) >= 11 is 18.1. The van der Waals surface area contributed by atoms with E-state index in [0.29, 0.717) is 32.1 Å². The zero-order valence-electron chi connectivity index (χ0n) is 12.1. The largest absolute Gasteiger partial charge is 0.322 e. The molecule has 24 heavy (non-hydrogen) atoms. The predicted octanol–water partition coefficient (Wildman–Crippen LogP) is 3.94. The lowest BCUT2D eigenvalue weighted by Gasteiger charge is -2.08. The summed E-state index contributed by atoms with van der Waals surface area (Å²) in [4.78, 5) is 13.3. The van der Waals surface area contributed by atoms with Gasteiger partial charge < -0.3 is 5.32 Å². The van der Waals surface area contributed by atoms with Gasteiger partial charge in [-0.15, -0.1) is 10.2 Å². The average molecular weight is 383 g/mol. The van der Waals surface area contributed by atoms with E-state index in [-0.39, 0.29) is 12.5 Å². The molecule has 0 saturated heterocycles. The van der Waals surface area contributed by atoms with Crippen LogP contribution in [0.3, 0.4) is 0 Å². The van der Waals surface area contributed by atoms with Crippen LogP contribution in [0.2, 0.25) is 15.1 Å². The Bertz CT molecular complexity index is 876. The molecule has 0 saturated carbocycles. The van der Waals surface area contributed by atoms with Crippen molar-refractivity contribution in [1.29, 1.82) is 0 Å². The number of carbonyl (C=O) groups is 1. The van der Waals surface area contributed by atoms with E-state index in [1.165, 1.54) is 4.80 Å². The fourth-order valence-corrected chi connectivity index (χ4v) is 2.70. The Morgan fingerprint density at radius 2 is 1.67 bits per heavy atom. The number of carbonyl (C=O) groups excluding carboxylic acids is 1. The number of hydrogen-bond acceptors (Lipinski definition) is 4. The quantitative estimate of drug-likeness (QED) is 0.742. The van der Waals surface area contributed by atoms with E-state index in [0.717, 1.165) is 0 Å². The average Bonchev–Trinajstić information content (AvgIpc) is 3.00. The molecule has 0 spiro atoms. The van der Waals surface area contributed by atoms with Gasteiger partial charge in [0.15, 0.2) is 0 Å². The van der Waals surface area contributed by atoms with Crippen LogP contribution in [-0.4, -0.2) is 26.1 Å². The number of hydrogen-bond donors (Lipinski definition) is 1. The van der Waals surface area contributed by atoms with Gasteiger partial charge in [-0.1, -0.05) is 53.0 Å². The second-order valence-corrected chi connectivity index (χ2v) is 5.99. The minimum Gasteiger partial charge on any atom is -0.322 e. The predicted molar refractivity (Wildman–Crippen MR) is 93.4 cm³/mol. The highest BCUT2D eigenvalue weighted by Gasteiger charge is 2.13. The maximum atomic E-state index is 12.1. The summed E-state index contributed by atoms with van der Waals surface area (Å²) in [5.74, 6) is -0.0442. The first-order valence-electron chi connectivity index (χ1n) is 6.81. The number of halogens is 3. The standard InChI is InChI=1S/C15H10Cl3N5O/c16-10-5-2-1-4-9(10)15-20-22-23(21-15)8-13(24)19-14-11(17)6-3-7-12(14)18/h1-7H,8H2,(H,19,24). The first kappa shape index (κ1) is 16.7. The lowest BCUT2D eigenvalue weighted by Crippen LogP contribution is -2.20. The number of amides is 1. The highest BCUT2D eigenvalue weighted by Crippen LogP contribution is 2.29.